The first-order chi connectivity index (χ1) is 34.0. The first kappa shape index (κ1) is 42.2. The number of aryl methyl sites for hydroxylation is 4. The van der Waals surface area contributed by atoms with Crippen molar-refractivity contribution in [2.24, 2.45) is 0 Å². The van der Waals surface area contributed by atoms with E-state index in [1.807, 2.05) is 0 Å². The molecule has 5 aliphatic rings. The highest BCUT2D eigenvalue weighted by atomic mass is 15.2. The molecule has 0 fully saturated rings. The Hall–Kier alpha value is -8.20. The van der Waals surface area contributed by atoms with Crippen molar-refractivity contribution in [3.63, 3.8) is 0 Å². The van der Waals surface area contributed by atoms with Gasteiger partial charge in [0, 0.05) is 39.5 Å². The summed E-state index contributed by atoms with van der Waals surface area (Å²) in [6.45, 7) is 4.77. The van der Waals surface area contributed by atoms with Gasteiger partial charge in [0.1, 0.15) is 0 Å². The highest BCUT2D eigenvalue weighted by Crippen LogP contribution is 2.51. The van der Waals surface area contributed by atoms with E-state index in [1.54, 1.807) is 0 Å². The normalized spacial score (nSPS) is 13.2. The zero-order chi connectivity index (χ0) is 46.3. The summed E-state index contributed by atoms with van der Waals surface area (Å²) in [4.78, 5) is 4.99. The van der Waals surface area contributed by atoms with Crippen LogP contribution in [0.15, 0.2) is 243 Å². The van der Waals surface area contributed by atoms with Gasteiger partial charge < -0.3 is 9.80 Å². The van der Waals surface area contributed by atoms with E-state index in [9.17, 15) is 0 Å². The molecule has 10 aromatic rings. The van der Waals surface area contributed by atoms with E-state index < -0.39 is 0 Å². The van der Waals surface area contributed by atoms with Gasteiger partial charge in [0.25, 0.3) is 0 Å². The number of rotatable bonds is 9. The lowest BCUT2D eigenvalue weighted by Crippen LogP contribution is -2.17. The van der Waals surface area contributed by atoms with E-state index in [0.717, 1.165) is 31.4 Å². The molecule has 0 heterocycles. The van der Waals surface area contributed by atoms with Crippen molar-refractivity contribution in [3.8, 4) is 44.5 Å². The molecule has 10 aromatic carbocycles. The van der Waals surface area contributed by atoms with Crippen molar-refractivity contribution in [1.29, 1.82) is 0 Å². The first-order valence-electron chi connectivity index (χ1n) is 24.5. The van der Waals surface area contributed by atoms with Crippen LogP contribution in [0.25, 0.3) is 44.5 Å². The number of fused-ring (bicyclic) bond motifs is 3. The van der Waals surface area contributed by atoms with Gasteiger partial charge in [0.2, 0.25) is 0 Å². The SMILES string of the molecule is CC1(C)c2ccccc2-c2ccc(N(c3ccc(-c4c(-c5ccccc5)cccc4-c4ccccc4)cc3)c3cc4ccc3CCc3ccc(c(N(c5ccccc5)c5ccccc5)c3)CC4)cc21. The molecule has 0 amide bonds. The summed E-state index contributed by atoms with van der Waals surface area (Å²) >= 11 is 0. The molecule has 0 unspecified atom stereocenters. The molecule has 0 aromatic heterocycles. The Bertz CT molecular complexity index is 3350. The third-order valence-electron chi connectivity index (χ3n) is 14.6. The average Bonchev–Trinajstić information content (AvgIpc) is 3.63. The molecule has 15 rings (SSSR count). The molecule has 4 bridgehead atoms. The van der Waals surface area contributed by atoms with Gasteiger partial charge in [-0.3, -0.25) is 0 Å². The Kier molecular flexibility index (Phi) is 10.9. The Balaban J connectivity index is 0.989. The van der Waals surface area contributed by atoms with Crippen LogP contribution in [0.4, 0.5) is 34.1 Å². The van der Waals surface area contributed by atoms with Crippen molar-refractivity contribution in [2.75, 3.05) is 9.80 Å². The van der Waals surface area contributed by atoms with Crippen LogP contribution < -0.4 is 9.80 Å². The molecule has 5 aliphatic carbocycles. The van der Waals surface area contributed by atoms with Crippen LogP contribution in [0.2, 0.25) is 0 Å². The van der Waals surface area contributed by atoms with Crippen LogP contribution in [0.3, 0.4) is 0 Å². The zero-order valence-electron chi connectivity index (χ0n) is 39.3. The van der Waals surface area contributed by atoms with Crippen molar-refractivity contribution in [3.05, 3.63) is 276 Å². The predicted molar refractivity (Wildman–Crippen MR) is 291 cm³/mol. The summed E-state index contributed by atoms with van der Waals surface area (Å²) in [5.74, 6) is 0. The van der Waals surface area contributed by atoms with Gasteiger partial charge in [-0.1, -0.05) is 196 Å². The number of hydrogen-bond donors (Lipinski definition) is 0. The fourth-order valence-electron chi connectivity index (χ4n) is 11.1. The summed E-state index contributed by atoms with van der Waals surface area (Å²) in [7, 11) is 0. The quantitative estimate of drug-likeness (QED) is 0.142. The summed E-state index contributed by atoms with van der Waals surface area (Å²) < 4.78 is 0. The first-order valence-corrected chi connectivity index (χ1v) is 24.5. The third kappa shape index (κ3) is 7.82. The van der Waals surface area contributed by atoms with Crippen LogP contribution in [0.5, 0.6) is 0 Å². The topological polar surface area (TPSA) is 6.48 Å². The lowest BCUT2D eigenvalue weighted by Gasteiger charge is -2.31. The lowest BCUT2D eigenvalue weighted by atomic mass is 9.82. The van der Waals surface area contributed by atoms with E-state index in [2.05, 4.69) is 266 Å². The van der Waals surface area contributed by atoms with Crippen LogP contribution >= 0.6 is 0 Å². The Morgan fingerprint density at radius 1 is 0.304 bits per heavy atom. The monoisotopic (exact) mass is 886 g/mol. The van der Waals surface area contributed by atoms with Gasteiger partial charge >= 0.3 is 0 Å². The maximum absolute atomic E-state index is 2.55. The molecular formula is C67H54N2. The van der Waals surface area contributed by atoms with Gasteiger partial charge in [-0.2, -0.15) is 0 Å². The van der Waals surface area contributed by atoms with Gasteiger partial charge in [0.15, 0.2) is 0 Å². The number of nitrogens with zero attached hydrogens (tertiary/aromatic N) is 2. The molecule has 0 radical (unpaired) electrons. The second-order valence-corrected chi connectivity index (χ2v) is 19.2. The molecule has 0 atom stereocenters. The minimum absolute atomic E-state index is 0.134. The second-order valence-electron chi connectivity index (χ2n) is 19.2. The maximum Gasteiger partial charge on any atom is 0.0496 e. The standard InChI is InChI=1S/C67H54N2/c1-67(2)62-29-16-15-26-60(62)61-43-42-57(46-63(61)67)69(56-40-38-53(39-41-56)66-58(49-18-7-3-8-19-49)27-17-28-59(66)50-20-9-4-10-21-50)65-45-48-31-35-51-34-30-47(32-36-52(65)37-33-48)44-64(51)68(54-22-11-5-12-23-54)55-24-13-6-14-25-55/h3-30,33-34,37-46H,31-32,35-36H2,1-2H3. The molecule has 332 valence electrons. The summed E-state index contributed by atoms with van der Waals surface area (Å²) in [5.41, 5.74) is 25.1. The molecular weight excluding hydrogens is 833 g/mol. The lowest BCUT2D eigenvalue weighted by molar-refractivity contribution is 0.660. The van der Waals surface area contributed by atoms with Gasteiger partial charge in [-0.05, 0) is 164 Å². The number of anilines is 6. The number of benzene rings is 10. The van der Waals surface area contributed by atoms with E-state index in [1.165, 1.54) is 106 Å². The van der Waals surface area contributed by atoms with E-state index >= 15 is 0 Å². The van der Waals surface area contributed by atoms with E-state index in [-0.39, 0.29) is 5.41 Å². The van der Waals surface area contributed by atoms with Crippen LogP contribution in [-0.2, 0) is 31.1 Å². The van der Waals surface area contributed by atoms with Crippen molar-refractivity contribution < 1.29 is 0 Å². The summed E-state index contributed by atoms with van der Waals surface area (Å²) in [6.07, 6.45) is 3.63. The molecule has 0 saturated carbocycles. The molecule has 2 nitrogen and oxygen atoms in total. The Labute approximate surface area is 407 Å². The number of hydrogen-bond acceptors (Lipinski definition) is 2. The summed E-state index contributed by atoms with van der Waals surface area (Å²) in [6, 6.07) is 90.1. The predicted octanol–water partition coefficient (Wildman–Crippen LogP) is 17.8. The molecule has 0 spiro atoms. The van der Waals surface area contributed by atoms with Crippen LogP contribution in [0.1, 0.15) is 47.2 Å². The van der Waals surface area contributed by atoms with Crippen molar-refractivity contribution in [1.82, 2.24) is 0 Å². The minimum Gasteiger partial charge on any atom is -0.310 e. The Morgan fingerprint density at radius 2 is 0.739 bits per heavy atom. The average molecular weight is 887 g/mol. The van der Waals surface area contributed by atoms with Crippen molar-refractivity contribution in [2.45, 2.75) is 44.9 Å². The second kappa shape index (κ2) is 17.8. The van der Waals surface area contributed by atoms with Crippen molar-refractivity contribution >= 4 is 34.1 Å². The zero-order valence-corrected chi connectivity index (χ0v) is 39.3. The fraction of sp³-hybridized carbons (Fsp3) is 0.104. The van der Waals surface area contributed by atoms with Crippen LogP contribution in [-0.4, -0.2) is 0 Å². The molecule has 0 N–H and O–H groups in total. The fourth-order valence-corrected chi connectivity index (χ4v) is 11.1. The molecule has 2 heteroatoms. The largest absolute Gasteiger partial charge is 0.310 e. The highest BCUT2D eigenvalue weighted by molar-refractivity contribution is 5.95. The minimum atomic E-state index is -0.134. The van der Waals surface area contributed by atoms with Crippen LogP contribution in [0, 0.1) is 0 Å². The maximum atomic E-state index is 2.55. The van der Waals surface area contributed by atoms with Gasteiger partial charge in [0.05, 0.1) is 0 Å². The molecule has 0 saturated heterocycles. The molecule has 69 heavy (non-hydrogen) atoms. The van der Waals surface area contributed by atoms with Gasteiger partial charge in [-0.25, -0.2) is 0 Å². The smallest absolute Gasteiger partial charge is 0.0496 e. The molecule has 0 aliphatic heterocycles. The number of para-hydroxylation sites is 2. The van der Waals surface area contributed by atoms with E-state index in [0.29, 0.717) is 0 Å². The highest BCUT2D eigenvalue weighted by Gasteiger charge is 2.36. The Morgan fingerprint density at radius 3 is 1.29 bits per heavy atom. The van der Waals surface area contributed by atoms with Gasteiger partial charge in [-0.15, -0.1) is 0 Å². The summed E-state index contributed by atoms with van der Waals surface area (Å²) in [5, 5.41) is 0. The third-order valence-corrected chi connectivity index (χ3v) is 14.6. The van der Waals surface area contributed by atoms with E-state index in [4.69, 9.17) is 0 Å².